The van der Waals surface area contributed by atoms with Crippen LogP contribution in [0.2, 0.25) is 0 Å². The summed E-state index contributed by atoms with van der Waals surface area (Å²) >= 11 is 0. The van der Waals surface area contributed by atoms with E-state index in [0.717, 1.165) is 16.7 Å². The normalized spacial score (nSPS) is 15.2. The van der Waals surface area contributed by atoms with E-state index in [4.69, 9.17) is 0 Å². The van der Waals surface area contributed by atoms with E-state index in [0.29, 0.717) is 5.56 Å². The van der Waals surface area contributed by atoms with E-state index >= 15 is 0 Å². The van der Waals surface area contributed by atoms with Crippen LogP contribution in [0.4, 0.5) is 0 Å². The van der Waals surface area contributed by atoms with Crippen molar-refractivity contribution in [1.82, 2.24) is 0 Å². The molecule has 22 heavy (non-hydrogen) atoms. The van der Waals surface area contributed by atoms with E-state index < -0.39 is 11.6 Å². The summed E-state index contributed by atoms with van der Waals surface area (Å²) in [5, 5.41) is 24.4. The zero-order valence-corrected chi connectivity index (χ0v) is 12.2. The predicted molar refractivity (Wildman–Crippen MR) is 80.6 cm³/mol. The van der Waals surface area contributed by atoms with Crippen LogP contribution in [0.5, 0.6) is 0 Å². The third-order valence-electron chi connectivity index (χ3n) is 3.63. The predicted octanol–water partition coefficient (Wildman–Crippen LogP) is 4.37. The maximum absolute atomic E-state index is 11.4. The first-order chi connectivity index (χ1) is 10.5. The number of carbonyl (C=O) groups is 1. The highest BCUT2D eigenvalue weighted by Gasteiger charge is 2.30. The van der Waals surface area contributed by atoms with Crippen molar-refractivity contribution in [3.63, 3.8) is 0 Å². The third-order valence-corrected chi connectivity index (χ3v) is 3.63. The van der Waals surface area contributed by atoms with Gasteiger partial charge in [-0.05, 0) is 53.6 Å². The lowest BCUT2D eigenvalue weighted by atomic mass is 9.94. The Kier molecular flexibility index (Phi) is 3.29. The summed E-state index contributed by atoms with van der Waals surface area (Å²) in [6.07, 6.45) is 0. The number of carboxylic acid groups (broad SMARTS) is 1. The van der Waals surface area contributed by atoms with Crippen molar-refractivity contribution >= 4 is 5.97 Å². The van der Waals surface area contributed by atoms with Crippen molar-refractivity contribution in [1.29, 1.82) is 0 Å². The van der Waals surface area contributed by atoms with E-state index in [1.807, 2.05) is 37.3 Å². The first kappa shape index (κ1) is 14.1. The van der Waals surface area contributed by atoms with Gasteiger partial charge in [0.25, 0.3) is 0 Å². The summed E-state index contributed by atoms with van der Waals surface area (Å²) in [5.74, 6) is -0.995. The molecule has 0 atom stereocenters. The minimum Gasteiger partial charge on any atom is -0.478 e. The van der Waals surface area contributed by atoms with E-state index in [1.165, 1.54) is 0 Å². The van der Waals surface area contributed by atoms with Gasteiger partial charge >= 0.3 is 5.97 Å². The first-order valence-electron chi connectivity index (χ1n) is 6.78. The van der Waals surface area contributed by atoms with Gasteiger partial charge < -0.3 is 5.11 Å². The van der Waals surface area contributed by atoms with Crippen molar-refractivity contribution in [2.45, 2.75) is 19.5 Å². The van der Waals surface area contributed by atoms with Gasteiger partial charge in [-0.3, -0.25) is 0 Å². The van der Waals surface area contributed by atoms with Crippen molar-refractivity contribution in [3.05, 3.63) is 59.2 Å². The molecule has 0 fully saturated rings. The molecule has 1 N–H and O–H groups in total. The van der Waals surface area contributed by atoms with Crippen molar-refractivity contribution < 1.29 is 9.90 Å². The smallest absolute Gasteiger partial charge is 0.335 e. The average Bonchev–Trinajstić information content (AvgIpc) is 2.95. The molecule has 2 aromatic carbocycles. The van der Waals surface area contributed by atoms with Crippen molar-refractivity contribution in [2.24, 2.45) is 20.7 Å². The second-order valence-electron chi connectivity index (χ2n) is 5.37. The van der Waals surface area contributed by atoms with Gasteiger partial charge in [-0.15, -0.1) is 10.2 Å². The van der Waals surface area contributed by atoms with Gasteiger partial charge in [0.1, 0.15) is 0 Å². The van der Waals surface area contributed by atoms with Crippen LogP contribution in [0.1, 0.15) is 28.4 Å². The summed E-state index contributed by atoms with van der Waals surface area (Å²) in [4.78, 5) is 11.4. The zero-order valence-electron chi connectivity index (χ0n) is 12.2. The van der Waals surface area contributed by atoms with E-state index in [1.54, 1.807) is 19.1 Å². The van der Waals surface area contributed by atoms with Crippen LogP contribution in [-0.4, -0.2) is 11.1 Å². The van der Waals surface area contributed by atoms with Crippen LogP contribution >= 0.6 is 0 Å². The molecule has 3 rings (SSSR count). The fourth-order valence-electron chi connectivity index (χ4n) is 2.29. The second kappa shape index (κ2) is 5.14. The molecule has 1 aliphatic heterocycles. The maximum Gasteiger partial charge on any atom is 0.335 e. The Morgan fingerprint density at radius 1 is 1.00 bits per heavy atom. The molecule has 0 radical (unpaired) electrons. The summed E-state index contributed by atoms with van der Waals surface area (Å²) in [6.45, 7) is 3.75. The maximum atomic E-state index is 11.4. The van der Waals surface area contributed by atoms with Gasteiger partial charge in [-0.25, -0.2) is 4.79 Å². The van der Waals surface area contributed by atoms with Crippen molar-refractivity contribution in [2.75, 3.05) is 0 Å². The Labute approximate surface area is 127 Å². The summed E-state index contributed by atoms with van der Waals surface area (Å²) in [5.41, 5.74) is 2.74. The van der Waals surface area contributed by atoms with Crippen LogP contribution in [-0.2, 0) is 5.66 Å². The number of rotatable bonds is 3. The topological polar surface area (TPSA) is 86.7 Å². The van der Waals surface area contributed by atoms with Crippen LogP contribution in [0.25, 0.3) is 11.1 Å². The highest BCUT2D eigenvalue weighted by atomic mass is 16.4. The van der Waals surface area contributed by atoms with Crippen molar-refractivity contribution in [3.8, 4) is 11.1 Å². The SMILES string of the molecule is Cc1ccc(-c2cc(C(=O)O)cc(C3(C)N=NN=N3)c2)cc1. The Morgan fingerprint density at radius 2 is 1.64 bits per heavy atom. The van der Waals surface area contributed by atoms with Gasteiger partial charge in [-0.1, -0.05) is 29.8 Å². The lowest BCUT2D eigenvalue weighted by molar-refractivity contribution is 0.0696. The van der Waals surface area contributed by atoms with Crippen LogP contribution in [0.15, 0.2) is 63.1 Å². The molecule has 6 nitrogen and oxygen atoms in total. The van der Waals surface area contributed by atoms with E-state index in [-0.39, 0.29) is 5.56 Å². The molecule has 6 heteroatoms. The molecule has 1 heterocycles. The van der Waals surface area contributed by atoms with Gasteiger partial charge in [0, 0.05) is 5.56 Å². The van der Waals surface area contributed by atoms with E-state index in [2.05, 4.69) is 20.7 Å². The Balaban J connectivity index is 2.16. The molecule has 0 spiro atoms. The summed E-state index contributed by atoms with van der Waals surface area (Å²) in [6, 6.07) is 13.0. The number of nitrogens with zero attached hydrogens (tertiary/aromatic N) is 4. The lowest BCUT2D eigenvalue weighted by Gasteiger charge is -2.16. The number of carboxylic acids is 1. The average molecular weight is 294 g/mol. The molecule has 0 bridgehead atoms. The molecule has 0 aromatic heterocycles. The Bertz CT molecular complexity index is 782. The highest BCUT2D eigenvalue weighted by Crippen LogP contribution is 2.35. The number of aryl methyl sites for hydroxylation is 1. The molecule has 0 amide bonds. The van der Waals surface area contributed by atoms with Gasteiger partial charge in [-0.2, -0.15) is 0 Å². The molecule has 2 aromatic rings. The molecule has 0 saturated heterocycles. The minimum absolute atomic E-state index is 0.187. The monoisotopic (exact) mass is 294 g/mol. The fraction of sp³-hybridized carbons (Fsp3) is 0.188. The first-order valence-corrected chi connectivity index (χ1v) is 6.78. The molecular weight excluding hydrogens is 280 g/mol. The standard InChI is InChI=1S/C16H14N4O2/c1-10-3-5-11(6-4-10)12-7-13(15(21)22)9-14(8-12)16(2)17-19-20-18-16/h3-9H,1-2H3,(H,21,22). The minimum atomic E-state index is -0.995. The van der Waals surface area contributed by atoms with Crippen LogP contribution in [0.3, 0.4) is 0 Å². The van der Waals surface area contributed by atoms with Gasteiger partial charge in [0.05, 0.1) is 5.56 Å². The quantitative estimate of drug-likeness (QED) is 0.911. The Morgan fingerprint density at radius 3 is 2.23 bits per heavy atom. The second-order valence-corrected chi connectivity index (χ2v) is 5.37. The molecule has 0 saturated carbocycles. The molecule has 1 aliphatic rings. The number of hydrogen-bond acceptors (Lipinski definition) is 5. The number of hydrogen-bond donors (Lipinski definition) is 1. The van der Waals surface area contributed by atoms with Gasteiger partial charge in [0.2, 0.25) is 5.66 Å². The summed E-state index contributed by atoms with van der Waals surface area (Å²) in [7, 11) is 0. The lowest BCUT2D eigenvalue weighted by Crippen LogP contribution is -2.14. The zero-order chi connectivity index (χ0) is 15.7. The molecule has 0 unspecified atom stereocenters. The summed E-state index contributed by atoms with van der Waals surface area (Å²) < 4.78 is 0. The molecule has 0 aliphatic carbocycles. The third kappa shape index (κ3) is 2.50. The molecule has 110 valence electrons. The van der Waals surface area contributed by atoms with E-state index in [9.17, 15) is 9.90 Å². The Hall–Kier alpha value is -2.89. The van der Waals surface area contributed by atoms with Crippen LogP contribution < -0.4 is 0 Å². The largest absolute Gasteiger partial charge is 0.478 e. The highest BCUT2D eigenvalue weighted by molar-refractivity contribution is 5.90. The van der Waals surface area contributed by atoms with Crippen LogP contribution in [0, 0.1) is 6.92 Å². The number of benzene rings is 2. The van der Waals surface area contributed by atoms with Gasteiger partial charge in [0.15, 0.2) is 0 Å². The number of aromatic carboxylic acids is 1. The molecular formula is C16H14N4O2. The fourth-order valence-corrected chi connectivity index (χ4v) is 2.29.